The minimum absolute atomic E-state index is 0.128. The Labute approximate surface area is 74.3 Å². The molecule has 0 aliphatic carbocycles. The van der Waals surface area contributed by atoms with Crippen LogP contribution in [0.25, 0.3) is 0 Å². The smallest absolute Gasteiger partial charge is 0.138 e. The van der Waals surface area contributed by atoms with E-state index in [-0.39, 0.29) is 6.04 Å². The average molecular weight is 170 g/mol. The molecule has 0 bridgehead atoms. The molecule has 70 valence electrons. The minimum Gasteiger partial charge on any atom is -0.302 e. The molecular formula is C9H18N2O. The predicted octanol–water partition coefficient (Wildman–Crippen LogP) is 0.211. The van der Waals surface area contributed by atoms with Gasteiger partial charge >= 0.3 is 0 Å². The Morgan fingerprint density at radius 1 is 1.33 bits per heavy atom. The monoisotopic (exact) mass is 170 g/mol. The summed E-state index contributed by atoms with van der Waals surface area (Å²) < 4.78 is 0. The van der Waals surface area contributed by atoms with Crippen LogP contribution >= 0.6 is 0 Å². The molecule has 1 aliphatic rings. The summed E-state index contributed by atoms with van der Waals surface area (Å²) in [6, 6.07) is 0.128. The van der Waals surface area contributed by atoms with Crippen molar-refractivity contribution in [3.05, 3.63) is 0 Å². The second-order valence-corrected chi connectivity index (χ2v) is 3.23. The normalized spacial score (nSPS) is 27.3. The van der Waals surface area contributed by atoms with Gasteiger partial charge in [0.05, 0.1) is 6.04 Å². The van der Waals surface area contributed by atoms with E-state index in [1.54, 1.807) is 0 Å². The van der Waals surface area contributed by atoms with Crippen LogP contribution in [-0.4, -0.2) is 54.9 Å². The Balaban J connectivity index is 2.47. The van der Waals surface area contributed by atoms with E-state index in [2.05, 4.69) is 23.6 Å². The van der Waals surface area contributed by atoms with Gasteiger partial charge in [-0.25, -0.2) is 0 Å². The maximum Gasteiger partial charge on any atom is 0.138 e. The van der Waals surface area contributed by atoms with Crippen molar-refractivity contribution in [2.75, 3.05) is 32.7 Å². The van der Waals surface area contributed by atoms with E-state index in [0.29, 0.717) is 0 Å². The van der Waals surface area contributed by atoms with E-state index in [1.807, 2.05) is 0 Å². The Morgan fingerprint density at radius 2 is 2.08 bits per heavy atom. The van der Waals surface area contributed by atoms with Crippen LogP contribution in [0.15, 0.2) is 0 Å². The average Bonchev–Trinajstić information content (AvgIpc) is 2.16. The largest absolute Gasteiger partial charge is 0.302 e. The van der Waals surface area contributed by atoms with Crippen LogP contribution in [0.3, 0.4) is 0 Å². The number of rotatable bonds is 3. The number of carbonyl (C=O) groups is 1. The van der Waals surface area contributed by atoms with Crippen LogP contribution in [0.5, 0.6) is 0 Å². The molecule has 0 unspecified atom stereocenters. The lowest BCUT2D eigenvalue weighted by atomic mass is 10.2. The van der Waals surface area contributed by atoms with Gasteiger partial charge in [-0.2, -0.15) is 0 Å². The molecule has 0 aromatic heterocycles. The first-order chi connectivity index (χ1) is 5.81. The summed E-state index contributed by atoms with van der Waals surface area (Å²) in [6.07, 6.45) is 1.07. The van der Waals surface area contributed by atoms with E-state index in [4.69, 9.17) is 0 Å². The highest BCUT2D eigenvalue weighted by molar-refractivity contribution is 5.58. The van der Waals surface area contributed by atoms with E-state index in [9.17, 15) is 4.79 Å². The molecule has 1 rings (SSSR count). The first-order valence-electron chi connectivity index (χ1n) is 4.73. The Kier molecular flexibility index (Phi) is 3.69. The van der Waals surface area contributed by atoms with Crippen molar-refractivity contribution in [1.82, 2.24) is 9.80 Å². The van der Waals surface area contributed by atoms with Crippen LogP contribution < -0.4 is 0 Å². The van der Waals surface area contributed by atoms with E-state index < -0.39 is 0 Å². The highest BCUT2D eigenvalue weighted by atomic mass is 16.1. The first kappa shape index (κ1) is 9.68. The fourth-order valence-corrected chi connectivity index (χ4v) is 1.72. The van der Waals surface area contributed by atoms with Gasteiger partial charge in [-0.1, -0.05) is 13.8 Å². The fraction of sp³-hybridized carbons (Fsp3) is 0.889. The summed E-state index contributed by atoms with van der Waals surface area (Å²) in [7, 11) is 0. The zero-order chi connectivity index (χ0) is 8.97. The molecular weight excluding hydrogens is 152 g/mol. The molecule has 3 nitrogen and oxygen atoms in total. The lowest BCUT2D eigenvalue weighted by molar-refractivity contribution is -0.114. The van der Waals surface area contributed by atoms with Crippen molar-refractivity contribution in [3.8, 4) is 0 Å². The number of carbonyl (C=O) groups excluding carboxylic acids is 1. The quantitative estimate of drug-likeness (QED) is 0.566. The van der Waals surface area contributed by atoms with Gasteiger partial charge in [-0.3, -0.25) is 4.90 Å². The van der Waals surface area contributed by atoms with E-state index in [1.165, 1.54) is 0 Å². The highest BCUT2D eigenvalue weighted by Gasteiger charge is 2.23. The molecule has 0 aromatic carbocycles. The molecule has 1 saturated heterocycles. The SMILES string of the molecule is CCN1CCN(CC)[C@@H](C=O)C1. The number of aldehydes is 1. The molecule has 1 atom stereocenters. The third-order valence-corrected chi connectivity index (χ3v) is 2.63. The minimum atomic E-state index is 0.128. The van der Waals surface area contributed by atoms with Crippen LogP contribution in [0, 0.1) is 0 Å². The standard InChI is InChI=1S/C9H18N2O/c1-3-10-5-6-11(4-2)9(7-10)8-12/h8-9H,3-7H2,1-2H3/t9-/m1/s1. The Morgan fingerprint density at radius 3 is 2.58 bits per heavy atom. The molecule has 1 fully saturated rings. The van der Waals surface area contributed by atoms with Gasteiger partial charge in [-0.15, -0.1) is 0 Å². The van der Waals surface area contributed by atoms with Crippen molar-refractivity contribution in [3.63, 3.8) is 0 Å². The van der Waals surface area contributed by atoms with Gasteiger partial charge in [0.2, 0.25) is 0 Å². The summed E-state index contributed by atoms with van der Waals surface area (Å²) >= 11 is 0. The highest BCUT2D eigenvalue weighted by Crippen LogP contribution is 2.06. The molecule has 1 aliphatic heterocycles. The maximum atomic E-state index is 10.7. The fourth-order valence-electron chi connectivity index (χ4n) is 1.72. The summed E-state index contributed by atoms with van der Waals surface area (Å²) in [5.74, 6) is 0. The van der Waals surface area contributed by atoms with Crippen molar-refractivity contribution in [2.45, 2.75) is 19.9 Å². The number of nitrogens with zero attached hydrogens (tertiary/aromatic N) is 2. The van der Waals surface area contributed by atoms with Crippen molar-refractivity contribution < 1.29 is 4.79 Å². The van der Waals surface area contributed by atoms with Crippen LogP contribution in [0.4, 0.5) is 0 Å². The summed E-state index contributed by atoms with van der Waals surface area (Å²) in [5, 5.41) is 0. The number of hydrogen-bond donors (Lipinski definition) is 0. The van der Waals surface area contributed by atoms with E-state index in [0.717, 1.165) is 39.0 Å². The third kappa shape index (κ3) is 2.05. The third-order valence-electron chi connectivity index (χ3n) is 2.63. The second-order valence-electron chi connectivity index (χ2n) is 3.23. The lowest BCUT2D eigenvalue weighted by Gasteiger charge is -2.37. The van der Waals surface area contributed by atoms with Gasteiger partial charge in [0.25, 0.3) is 0 Å². The zero-order valence-corrected chi connectivity index (χ0v) is 7.99. The Bertz CT molecular complexity index is 149. The zero-order valence-electron chi connectivity index (χ0n) is 7.99. The summed E-state index contributed by atoms with van der Waals surface area (Å²) in [5.41, 5.74) is 0. The summed E-state index contributed by atoms with van der Waals surface area (Å²) in [6.45, 7) is 9.35. The number of likely N-dealkylation sites (N-methyl/N-ethyl adjacent to an activating group) is 2. The van der Waals surface area contributed by atoms with Crippen molar-refractivity contribution >= 4 is 6.29 Å². The van der Waals surface area contributed by atoms with Gasteiger partial charge in [0, 0.05) is 19.6 Å². The Hall–Kier alpha value is -0.410. The van der Waals surface area contributed by atoms with Crippen LogP contribution in [0.1, 0.15) is 13.8 Å². The van der Waals surface area contributed by atoms with Gasteiger partial charge in [-0.05, 0) is 13.1 Å². The molecule has 3 heteroatoms. The predicted molar refractivity (Wildman–Crippen MR) is 49.2 cm³/mol. The van der Waals surface area contributed by atoms with Crippen molar-refractivity contribution in [2.24, 2.45) is 0 Å². The maximum absolute atomic E-state index is 10.7. The van der Waals surface area contributed by atoms with Crippen molar-refractivity contribution in [1.29, 1.82) is 0 Å². The molecule has 0 saturated carbocycles. The van der Waals surface area contributed by atoms with E-state index >= 15 is 0 Å². The lowest BCUT2D eigenvalue weighted by Crippen LogP contribution is -2.53. The second kappa shape index (κ2) is 4.58. The number of hydrogen-bond acceptors (Lipinski definition) is 3. The molecule has 12 heavy (non-hydrogen) atoms. The number of piperazine rings is 1. The van der Waals surface area contributed by atoms with Gasteiger partial charge in [0.1, 0.15) is 6.29 Å². The van der Waals surface area contributed by atoms with Gasteiger partial charge < -0.3 is 9.69 Å². The summed E-state index contributed by atoms with van der Waals surface area (Å²) in [4.78, 5) is 15.3. The molecule has 0 aromatic rings. The molecule has 0 amide bonds. The van der Waals surface area contributed by atoms with Gasteiger partial charge in [0.15, 0.2) is 0 Å². The molecule has 0 radical (unpaired) electrons. The van der Waals surface area contributed by atoms with Crippen LogP contribution in [0.2, 0.25) is 0 Å². The molecule has 1 heterocycles. The van der Waals surface area contributed by atoms with Crippen LogP contribution in [-0.2, 0) is 4.79 Å². The molecule has 0 N–H and O–H groups in total. The topological polar surface area (TPSA) is 23.6 Å². The molecule has 0 spiro atoms. The first-order valence-corrected chi connectivity index (χ1v) is 4.73.